The molecule has 3 amide bonds. The van der Waals surface area contributed by atoms with Gasteiger partial charge in [0, 0.05) is 17.8 Å². The van der Waals surface area contributed by atoms with Crippen molar-refractivity contribution < 1.29 is 18.8 Å². The van der Waals surface area contributed by atoms with Gasteiger partial charge in [-0.15, -0.1) is 0 Å². The summed E-state index contributed by atoms with van der Waals surface area (Å²) in [5.74, 6) is 0.220. The second-order valence-corrected chi connectivity index (χ2v) is 11.3. The Bertz CT molecular complexity index is 1580. The molecule has 0 radical (unpaired) electrons. The van der Waals surface area contributed by atoms with Crippen LogP contribution in [-0.4, -0.2) is 35.8 Å². The lowest BCUT2D eigenvalue weighted by Gasteiger charge is -2.30. The van der Waals surface area contributed by atoms with E-state index in [-0.39, 0.29) is 17.7 Å². The van der Waals surface area contributed by atoms with Gasteiger partial charge >= 0.3 is 0 Å². The summed E-state index contributed by atoms with van der Waals surface area (Å²) in [7, 11) is 0. The van der Waals surface area contributed by atoms with Gasteiger partial charge in [-0.25, -0.2) is 0 Å². The smallest absolute Gasteiger partial charge is 0.251 e. The van der Waals surface area contributed by atoms with Crippen LogP contribution in [0.1, 0.15) is 54.4 Å². The topological polar surface area (TPSA) is 104 Å². The van der Waals surface area contributed by atoms with E-state index < -0.39 is 11.6 Å². The normalized spacial score (nSPS) is 15.0. The average molecular weight is 579 g/mol. The minimum atomic E-state index is -0.919. The lowest BCUT2D eigenvalue weighted by molar-refractivity contribution is -0.131. The zero-order valence-corrected chi connectivity index (χ0v) is 24.9. The van der Waals surface area contributed by atoms with Gasteiger partial charge in [-0.2, -0.15) is 0 Å². The summed E-state index contributed by atoms with van der Waals surface area (Å²) in [6, 6.07) is 26.4. The van der Waals surface area contributed by atoms with E-state index in [1.807, 2.05) is 85.8 Å². The summed E-state index contributed by atoms with van der Waals surface area (Å²) in [5, 5.41) is 9.13. The molecular weight excluding hydrogens is 540 g/mol. The Balaban J connectivity index is 1.35. The lowest BCUT2D eigenvalue weighted by atomic mass is 9.98. The maximum Gasteiger partial charge on any atom is 0.251 e. The summed E-state index contributed by atoms with van der Waals surface area (Å²) in [6.45, 7) is 6.79. The van der Waals surface area contributed by atoms with Crippen LogP contribution in [0.3, 0.4) is 0 Å². The molecule has 4 aromatic rings. The molecule has 0 spiro atoms. The van der Waals surface area contributed by atoms with Crippen molar-refractivity contribution in [3.8, 4) is 11.1 Å². The fourth-order valence-corrected chi connectivity index (χ4v) is 5.31. The molecule has 2 heterocycles. The number of aryl methyl sites for hydroxylation is 1. The third-order valence-electron chi connectivity index (χ3n) is 7.82. The maximum absolute atomic E-state index is 14.0. The summed E-state index contributed by atoms with van der Waals surface area (Å²) < 4.78 is 5.38. The van der Waals surface area contributed by atoms with Crippen LogP contribution in [0.5, 0.6) is 0 Å². The molecule has 0 saturated carbocycles. The molecule has 1 unspecified atom stereocenters. The molecule has 0 aliphatic carbocycles. The Morgan fingerprint density at radius 3 is 2.44 bits per heavy atom. The number of anilines is 1. The largest absolute Gasteiger partial charge is 0.468 e. The first-order chi connectivity index (χ1) is 20.8. The van der Waals surface area contributed by atoms with Crippen molar-refractivity contribution >= 4 is 23.4 Å². The van der Waals surface area contributed by atoms with Gasteiger partial charge in [0.05, 0.1) is 24.9 Å². The van der Waals surface area contributed by atoms with Gasteiger partial charge in [0.15, 0.2) is 0 Å². The number of fused-ring (bicyclic) bond motifs is 1. The van der Waals surface area contributed by atoms with E-state index in [1.54, 1.807) is 31.1 Å². The number of carbonyl (C=O) groups is 3. The number of furan rings is 1. The Hall–Kier alpha value is -4.69. The maximum atomic E-state index is 14.0. The van der Waals surface area contributed by atoms with Crippen molar-refractivity contribution in [2.45, 2.75) is 58.3 Å². The van der Waals surface area contributed by atoms with Crippen LogP contribution < -0.4 is 20.9 Å². The molecule has 5 rings (SSSR count). The summed E-state index contributed by atoms with van der Waals surface area (Å²) >= 11 is 0. The highest BCUT2D eigenvalue weighted by atomic mass is 16.3. The van der Waals surface area contributed by atoms with Gasteiger partial charge in [0.2, 0.25) is 11.8 Å². The van der Waals surface area contributed by atoms with Gasteiger partial charge in [-0.3, -0.25) is 19.7 Å². The molecule has 43 heavy (non-hydrogen) atoms. The minimum absolute atomic E-state index is 0.110. The number of hydrogen-bond donors (Lipinski definition) is 3. The fraction of sp³-hybridized carbons (Fsp3) is 0.286. The van der Waals surface area contributed by atoms with Crippen molar-refractivity contribution in [1.82, 2.24) is 16.0 Å². The van der Waals surface area contributed by atoms with E-state index in [0.29, 0.717) is 38.0 Å². The second kappa shape index (κ2) is 13.1. The third kappa shape index (κ3) is 6.87. The van der Waals surface area contributed by atoms with Crippen LogP contribution in [0.4, 0.5) is 5.69 Å². The van der Waals surface area contributed by atoms with E-state index >= 15 is 0 Å². The third-order valence-corrected chi connectivity index (χ3v) is 7.82. The van der Waals surface area contributed by atoms with E-state index in [0.717, 1.165) is 33.7 Å². The summed E-state index contributed by atoms with van der Waals surface area (Å²) in [5.41, 5.74) is 4.32. The van der Waals surface area contributed by atoms with Gasteiger partial charge in [0.25, 0.3) is 5.91 Å². The number of carbonyl (C=O) groups excluding carboxylic acids is 3. The van der Waals surface area contributed by atoms with Crippen LogP contribution in [0.25, 0.3) is 11.1 Å². The highest BCUT2D eigenvalue weighted by molar-refractivity contribution is 6.02. The summed E-state index contributed by atoms with van der Waals surface area (Å²) in [6.07, 6.45) is 2.76. The first kappa shape index (κ1) is 29.8. The highest BCUT2D eigenvalue weighted by Gasteiger charge is 2.35. The molecule has 8 nitrogen and oxygen atoms in total. The molecule has 3 N–H and O–H groups in total. The van der Waals surface area contributed by atoms with Gasteiger partial charge in [-0.1, -0.05) is 60.7 Å². The number of para-hydroxylation sites is 1. The van der Waals surface area contributed by atoms with Crippen LogP contribution in [0, 0.1) is 0 Å². The monoisotopic (exact) mass is 578 g/mol. The van der Waals surface area contributed by atoms with Crippen LogP contribution in [0.2, 0.25) is 0 Å². The molecule has 0 fully saturated rings. The molecule has 3 aromatic carbocycles. The van der Waals surface area contributed by atoms with Crippen LogP contribution >= 0.6 is 0 Å². The molecule has 0 saturated heterocycles. The van der Waals surface area contributed by atoms with Gasteiger partial charge in [-0.05, 0) is 80.1 Å². The van der Waals surface area contributed by atoms with Crippen molar-refractivity contribution in [1.29, 1.82) is 0 Å². The number of hydrogen-bond acceptors (Lipinski definition) is 5. The average Bonchev–Trinajstić information content (AvgIpc) is 3.51. The van der Waals surface area contributed by atoms with E-state index in [9.17, 15) is 14.4 Å². The van der Waals surface area contributed by atoms with E-state index in [2.05, 4.69) is 16.0 Å². The molecule has 1 atom stereocenters. The minimum Gasteiger partial charge on any atom is -0.468 e. The Morgan fingerprint density at radius 1 is 0.953 bits per heavy atom. The first-order valence-corrected chi connectivity index (χ1v) is 14.7. The Labute approximate surface area is 252 Å². The van der Waals surface area contributed by atoms with Crippen LogP contribution in [-0.2, 0) is 29.1 Å². The van der Waals surface area contributed by atoms with Gasteiger partial charge in [0.1, 0.15) is 11.8 Å². The second-order valence-electron chi connectivity index (χ2n) is 11.3. The Kier molecular flexibility index (Phi) is 9.07. The molecule has 8 heteroatoms. The van der Waals surface area contributed by atoms with Crippen LogP contribution in [0.15, 0.2) is 95.6 Å². The molecular formula is C35H38N4O4. The standard InChI is InChI=1S/C35H38N4O4/c1-4-36-32(40)29-13-7-6-12-28(29)25-17-15-24(16-18-25)23-39-31-14-8-5-10-26(31)19-20-30(33(39)41)38-34(42)35(2,3)37-22-27-11-9-21-43-27/h5-18,21,30,37H,4,19-20,22-23H2,1-3H3,(H,36,40)(H,38,42). The molecule has 1 aliphatic heterocycles. The van der Waals surface area contributed by atoms with E-state index in [1.165, 1.54) is 0 Å². The van der Waals surface area contributed by atoms with Crippen molar-refractivity contribution in [3.05, 3.63) is 114 Å². The SMILES string of the molecule is CCNC(=O)c1ccccc1-c1ccc(CN2C(=O)C(NC(=O)C(C)(C)NCc3ccco3)CCc3ccccc32)cc1. The number of amides is 3. The number of benzene rings is 3. The van der Waals surface area contributed by atoms with E-state index in [4.69, 9.17) is 4.42 Å². The highest BCUT2D eigenvalue weighted by Crippen LogP contribution is 2.30. The molecule has 1 aliphatic rings. The zero-order chi connectivity index (χ0) is 30.4. The molecule has 222 valence electrons. The quantitative estimate of drug-likeness (QED) is 0.239. The van der Waals surface area contributed by atoms with Crippen molar-refractivity contribution in [3.63, 3.8) is 0 Å². The zero-order valence-electron chi connectivity index (χ0n) is 24.9. The molecule has 1 aromatic heterocycles. The Morgan fingerprint density at radius 2 is 1.70 bits per heavy atom. The fourth-order valence-electron chi connectivity index (χ4n) is 5.31. The number of rotatable bonds is 10. The predicted molar refractivity (Wildman–Crippen MR) is 167 cm³/mol. The predicted octanol–water partition coefficient (Wildman–Crippen LogP) is 5.23. The summed E-state index contributed by atoms with van der Waals surface area (Å²) in [4.78, 5) is 41.8. The van der Waals surface area contributed by atoms with Crippen molar-refractivity contribution in [2.75, 3.05) is 11.4 Å². The molecule has 0 bridgehead atoms. The number of nitrogens with one attached hydrogen (secondary N) is 3. The van der Waals surface area contributed by atoms with Gasteiger partial charge < -0.3 is 20.0 Å². The van der Waals surface area contributed by atoms with Crippen molar-refractivity contribution in [2.24, 2.45) is 0 Å². The number of nitrogens with zero attached hydrogens (tertiary/aromatic N) is 1. The lowest BCUT2D eigenvalue weighted by Crippen LogP contribution is -2.57. The first-order valence-electron chi connectivity index (χ1n) is 14.7.